The van der Waals surface area contributed by atoms with Crippen molar-refractivity contribution in [3.05, 3.63) is 39.9 Å². The van der Waals surface area contributed by atoms with E-state index in [1.54, 1.807) is 10.6 Å². The molecule has 1 saturated carbocycles. The molecule has 1 aliphatic carbocycles. The summed E-state index contributed by atoms with van der Waals surface area (Å²) in [6.45, 7) is 1.33. The fraction of sp³-hybridized carbons (Fsp3) is 0.412. The first-order valence-corrected chi connectivity index (χ1v) is 8.33. The van der Waals surface area contributed by atoms with Crippen molar-refractivity contribution in [3.8, 4) is 0 Å². The molecular formula is C17H19FN4O3. The predicted octanol–water partition coefficient (Wildman–Crippen LogP) is 1.53. The van der Waals surface area contributed by atoms with Crippen LogP contribution in [0.1, 0.15) is 35.7 Å². The first kappa shape index (κ1) is 16.0. The van der Waals surface area contributed by atoms with Crippen molar-refractivity contribution in [2.45, 2.75) is 31.3 Å². The van der Waals surface area contributed by atoms with E-state index in [9.17, 15) is 19.1 Å². The number of halogens is 1. The Labute approximate surface area is 142 Å². The van der Waals surface area contributed by atoms with Gasteiger partial charge in [-0.2, -0.15) is 0 Å². The van der Waals surface area contributed by atoms with Gasteiger partial charge < -0.3 is 20.8 Å². The van der Waals surface area contributed by atoms with Crippen molar-refractivity contribution in [3.63, 3.8) is 0 Å². The molecule has 1 aliphatic heterocycles. The summed E-state index contributed by atoms with van der Waals surface area (Å²) in [5, 5.41) is 11.2. The van der Waals surface area contributed by atoms with Crippen LogP contribution < -0.4 is 16.6 Å². The average molecular weight is 346 g/mol. The predicted molar refractivity (Wildman–Crippen MR) is 91.2 cm³/mol. The molecule has 4 rings (SSSR count). The van der Waals surface area contributed by atoms with Crippen LogP contribution in [-0.4, -0.2) is 39.8 Å². The smallest absolute Gasteiger partial charge is 0.341 e. The molecule has 7 nitrogen and oxygen atoms in total. The van der Waals surface area contributed by atoms with E-state index >= 15 is 0 Å². The zero-order valence-corrected chi connectivity index (χ0v) is 13.5. The van der Waals surface area contributed by atoms with Crippen LogP contribution in [0.4, 0.5) is 10.1 Å². The van der Waals surface area contributed by atoms with Gasteiger partial charge in [0.1, 0.15) is 11.4 Å². The zero-order chi connectivity index (χ0) is 17.7. The molecular weight excluding hydrogens is 327 g/mol. The van der Waals surface area contributed by atoms with Gasteiger partial charge in [0, 0.05) is 36.8 Å². The van der Waals surface area contributed by atoms with Gasteiger partial charge in [0.05, 0.1) is 11.2 Å². The SMILES string of the molecule is NC1CCN(Nc2cc3c(cc2F)c(=O)c(C(=O)O)cn3C2CC2)C1. The fourth-order valence-corrected chi connectivity index (χ4v) is 3.32. The maximum absolute atomic E-state index is 14.5. The van der Waals surface area contributed by atoms with Crippen LogP contribution in [0.3, 0.4) is 0 Å². The van der Waals surface area contributed by atoms with E-state index in [2.05, 4.69) is 5.43 Å². The van der Waals surface area contributed by atoms with Gasteiger partial charge in [0.25, 0.3) is 0 Å². The highest BCUT2D eigenvalue weighted by atomic mass is 19.1. The summed E-state index contributed by atoms with van der Waals surface area (Å²) in [4.78, 5) is 23.7. The monoisotopic (exact) mass is 346 g/mol. The second kappa shape index (κ2) is 5.82. The molecule has 1 aromatic carbocycles. The van der Waals surface area contributed by atoms with Crippen LogP contribution in [0.15, 0.2) is 23.1 Å². The van der Waals surface area contributed by atoms with E-state index in [1.807, 2.05) is 5.01 Å². The van der Waals surface area contributed by atoms with Crippen LogP contribution in [0.25, 0.3) is 10.9 Å². The average Bonchev–Trinajstić information content (AvgIpc) is 3.32. The summed E-state index contributed by atoms with van der Waals surface area (Å²) < 4.78 is 16.3. The molecule has 0 bridgehead atoms. The van der Waals surface area contributed by atoms with Crippen molar-refractivity contribution in [2.75, 3.05) is 18.5 Å². The minimum absolute atomic E-state index is 0.0544. The fourth-order valence-electron chi connectivity index (χ4n) is 3.32. The molecule has 1 aromatic heterocycles. The first-order chi connectivity index (χ1) is 11.9. The summed E-state index contributed by atoms with van der Waals surface area (Å²) in [6.07, 6.45) is 4.03. The maximum atomic E-state index is 14.5. The van der Waals surface area contributed by atoms with Crippen LogP contribution in [0.5, 0.6) is 0 Å². The third-order valence-electron chi connectivity index (χ3n) is 4.79. The lowest BCUT2D eigenvalue weighted by atomic mass is 10.1. The van der Waals surface area contributed by atoms with Gasteiger partial charge in [0.15, 0.2) is 0 Å². The Morgan fingerprint density at radius 3 is 2.68 bits per heavy atom. The Morgan fingerprint density at radius 1 is 1.32 bits per heavy atom. The third-order valence-corrected chi connectivity index (χ3v) is 4.79. The normalized spacial score (nSPS) is 21.0. The van der Waals surface area contributed by atoms with Crippen LogP contribution in [0.2, 0.25) is 0 Å². The van der Waals surface area contributed by atoms with Crippen LogP contribution in [0, 0.1) is 5.82 Å². The zero-order valence-electron chi connectivity index (χ0n) is 13.5. The van der Waals surface area contributed by atoms with Crippen molar-refractivity contribution >= 4 is 22.6 Å². The molecule has 0 amide bonds. The number of carboxylic acids is 1. The van der Waals surface area contributed by atoms with Crippen molar-refractivity contribution in [1.29, 1.82) is 0 Å². The number of nitrogens with one attached hydrogen (secondary N) is 1. The topological polar surface area (TPSA) is 101 Å². The van der Waals surface area contributed by atoms with E-state index in [-0.39, 0.29) is 28.7 Å². The number of aromatic carboxylic acids is 1. The van der Waals surface area contributed by atoms with Crippen LogP contribution >= 0.6 is 0 Å². The largest absolute Gasteiger partial charge is 0.477 e. The third kappa shape index (κ3) is 2.87. The first-order valence-electron chi connectivity index (χ1n) is 8.33. The Morgan fingerprint density at radius 2 is 2.08 bits per heavy atom. The van der Waals surface area contributed by atoms with Gasteiger partial charge in [-0.3, -0.25) is 4.79 Å². The molecule has 8 heteroatoms. The number of fused-ring (bicyclic) bond motifs is 1. The summed E-state index contributed by atoms with van der Waals surface area (Å²) >= 11 is 0. The highest BCUT2D eigenvalue weighted by Gasteiger charge is 2.28. The number of hydrogen-bond donors (Lipinski definition) is 3. The Bertz CT molecular complexity index is 922. The number of hydrogen-bond acceptors (Lipinski definition) is 5. The van der Waals surface area contributed by atoms with Gasteiger partial charge in [0.2, 0.25) is 5.43 Å². The molecule has 4 N–H and O–H groups in total. The second-order valence-electron chi connectivity index (χ2n) is 6.77. The number of anilines is 1. The minimum atomic E-state index is -1.30. The van der Waals surface area contributed by atoms with Gasteiger partial charge in [-0.1, -0.05) is 0 Å². The van der Waals surface area contributed by atoms with Gasteiger partial charge in [-0.25, -0.2) is 14.2 Å². The van der Waals surface area contributed by atoms with Gasteiger partial charge in [-0.15, -0.1) is 0 Å². The molecule has 2 aromatic rings. The summed E-state index contributed by atoms with van der Waals surface area (Å²) in [6, 6.07) is 2.92. The molecule has 1 unspecified atom stereocenters. The number of carboxylic acid groups (broad SMARTS) is 1. The molecule has 2 fully saturated rings. The Hall–Kier alpha value is -2.45. The number of rotatable bonds is 4. The van der Waals surface area contributed by atoms with E-state index in [1.165, 1.54) is 6.20 Å². The van der Waals surface area contributed by atoms with E-state index < -0.39 is 17.2 Å². The molecule has 2 heterocycles. The van der Waals surface area contributed by atoms with E-state index in [0.717, 1.165) is 25.3 Å². The Balaban J connectivity index is 1.84. The minimum Gasteiger partial charge on any atom is -0.477 e. The van der Waals surface area contributed by atoms with E-state index in [0.29, 0.717) is 18.6 Å². The molecule has 132 valence electrons. The number of aromatic nitrogens is 1. The number of pyridine rings is 1. The quantitative estimate of drug-likeness (QED) is 0.776. The second-order valence-corrected chi connectivity index (χ2v) is 6.77. The molecule has 25 heavy (non-hydrogen) atoms. The molecule has 0 spiro atoms. The number of hydrazine groups is 1. The Kier molecular flexibility index (Phi) is 3.73. The van der Waals surface area contributed by atoms with Crippen molar-refractivity contribution < 1.29 is 14.3 Å². The lowest BCUT2D eigenvalue weighted by molar-refractivity contribution is 0.0695. The lowest BCUT2D eigenvalue weighted by Crippen LogP contribution is -2.31. The van der Waals surface area contributed by atoms with Crippen molar-refractivity contribution in [2.24, 2.45) is 5.73 Å². The number of nitrogens with zero attached hydrogens (tertiary/aromatic N) is 2. The highest BCUT2D eigenvalue weighted by Crippen LogP contribution is 2.37. The number of benzene rings is 1. The lowest BCUT2D eigenvalue weighted by Gasteiger charge is -2.20. The summed E-state index contributed by atoms with van der Waals surface area (Å²) in [5.74, 6) is -1.88. The number of nitrogens with two attached hydrogens (primary N) is 1. The summed E-state index contributed by atoms with van der Waals surface area (Å²) in [7, 11) is 0. The van der Waals surface area contributed by atoms with E-state index in [4.69, 9.17) is 5.73 Å². The molecule has 2 aliphatic rings. The van der Waals surface area contributed by atoms with Gasteiger partial charge >= 0.3 is 5.97 Å². The molecule has 1 saturated heterocycles. The standard InChI is InChI=1S/C17H19FN4O3/c18-13-5-11-15(6-14(13)20-21-4-3-9(19)7-21)22(10-1-2-10)8-12(16(11)23)17(24)25/h5-6,8-10,20H,1-4,7,19H2,(H,24,25). The maximum Gasteiger partial charge on any atom is 0.341 e. The van der Waals surface area contributed by atoms with Gasteiger partial charge in [-0.05, 0) is 31.4 Å². The van der Waals surface area contributed by atoms with Crippen molar-refractivity contribution in [1.82, 2.24) is 9.58 Å². The highest BCUT2D eigenvalue weighted by molar-refractivity contribution is 5.93. The molecule has 1 atom stereocenters. The number of carbonyl (C=O) groups is 1. The summed E-state index contributed by atoms with van der Waals surface area (Å²) in [5.41, 5.74) is 8.71. The molecule has 0 radical (unpaired) electrons. The van der Waals surface area contributed by atoms with Crippen LogP contribution in [-0.2, 0) is 0 Å².